The summed E-state index contributed by atoms with van der Waals surface area (Å²) in [7, 11) is -0.522. The molecule has 1 atom stereocenters. The van der Waals surface area contributed by atoms with E-state index >= 15 is 0 Å². The van der Waals surface area contributed by atoms with Crippen molar-refractivity contribution < 1.29 is 22.7 Å². The maximum atomic E-state index is 13.1. The van der Waals surface area contributed by atoms with Crippen LogP contribution in [0.3, 0.4) is 0 Å². The summed E-state index contributed by atoms with van der Waals surface area (Å²) < 4.78 is 31.6. The first-order valence-corrected chi connectivity index (χ1v) is 14.1. The molecule has 0 saturated carbocycles. The van der Waals surface area contributed by atoms with E-state index in [-0.39, 0.29) is 23.5 Å². The van der Waals surface area contributed by atoms with Crippen molar-refractivity contribution in [2.45, 2.75) is 18.9 Å². The lowest BCUT2D eigenvalue weighted by Crippen LogP contribution is -2.47. The fourth-order valence-electron chi connectivity index (χ4n) is 4.85. The molecule has 1 saturated heterocycles. The third-order valence-corrected chi connectivity index (χ3v) is 9.13. The minimum atomic E-state index is -3.54. The van der Waals surface area contributed by atoms with Gasteiger partial charge in [-0.2, -0.15) is 5.10 Å². The summed E-state index contributed by atoms with van der Waals surface area (Å²) in [5.41, 5.74) is 2.72. The van der Waals surface area contributed by atoms with E-state index in [0.29, 0.717) is 59.5 Å². The van der Waals surface area contributed by atoms with Gasteiger partial charge >= 0.3 is 0 Å². The highest BCUT2D eigenvalue weighted by molar-refractivity contribution is 7.92. The van der Waals surface area contributed by atoms with Crippen molar-refractivity contribution in [3.8, 4) is 17.1 Å². The number of carbonyl (C=O) groups excluding carboxylic acids is 2. The molecule has 2 aliphatic rings. The van der Waals surface area contributed by atoms with Crippen LogP contribution in [-0.2, 0) is 14.8 Å². The zero-order chi connectivity index (χ0) is 27.0. The van der Waals surface area contributed by atoms with Gasteiger partial charge in [-0.25, -0.2) is 13.4 Å². The van der Waals surface area contributed by atoms with Crippen molar-refractivity contribution in [2.24, 2.45) is 5.92 Å². The zero-order valence-electron chi connectivity index (χ0n) is 20.8. The van der Waals surface area contributed by atoms with Crippen LogP contribution < -0.4 is 14.4 Å². The smallest absolute Gasteiger partial charge is 0.271 e. The molecule has 3 aromatic rings. The van der Waals surface area contributed by atoms with Crippen LogP contribution in [0.1, 0.15) is 34.9 Å². The molecule has 5 rings (SSSR count). The number of nitrogens with zero attached hydrogens (tertiary/aromatic N) is 4. The predicted octanol–water partition coefficient (Wildman–Crippen LogP) is 2.62. The van der Waals surface area contributed by atoms with Crippen molar-refractivity contribution in [3.05, 3.63) is 58.9 Å². The lowest BCUT2D eigenvalue weighted by atomic mass is 9.94. The highest BCUT2D eigenvalue weighted by atomic mass is 35.5. The topological polar surface area (TPSA) is 138 Å². The van der Waals surface area contributed by atoms with Gasteiger partial charge in [-0.3, -0.25) is 19.0 Å². The molecule has 38 heavy (non-hydrogen) atoms. The molecule has 1 unspecified atom stereocenters. The second kappa shape index (κ2) is 10.3. The predicted molar refractivity (Wildman–Crippen MR) is 142 cm³/mol. The number of amides is 2. The van der Waals surface area contributed by atoms with Crippen LogP contribution in [-0.4, -0.2) is 73.3 Å². The highest BCUT2D eigenvalue weighted by Gasteiger charge is 2.36. The summed E-state index contributed by atoms with van der Waals surface area (Å²) in [6, 6.07) is 9.81. The number of para-hydroxylation sites is 1. The molecule has 1 fully saturated rings. The van der Waals surface area contributed by atoms with E-state index in [4.69, 9.17) is 16.3 Å². The number of H-pyrrole nitrogens is 1. The van der Waals surface area contributed by atoms with Gasteiger partial charge in [0.25, 0.3) is 5.91 Å². The number of rotatable bonds is 5. The Hall–Kier alpha value is -3.64. The number of benzene rings is 1. The number of aromatic amines is 1. The Labute approximate surface area is 225 Å². The fourth-order valence-corrected chi connectivity index (χ4v) is 6.43. The number of carbonyl (C=O) groups is 2. The molecular formula is C25H27ClN6O5S. The number of nitrogens with one attached hydrogen (secondary N) is 2. The number of fused-ring (bicyclic) bond motifs is 1. The Balaban J connectivity index is 1.22. The normalized spacial score (nSPS) is 19.1. The van der Waals surface area contributed by atoms with E-state index in [1.165, 1.54) is 24.7 Å². The molecule has 2 aromatic heterocycles. The summed E-state index contributed by atoms with van der Waals surface area (Å²) >= 11 is 6.25. The van der Waals surface area contributed by atoms with Gasteiger partial charge in [0, 0.05) is 37.7 Å². The van der Waals surface area contributed by atoms with Crippen LogP contribution in [0.25, 0.3) is 11.3 Å². The maximum absolute atomic E-state index is 13.1. The van der Waals surface area contributed by atoms with Gasteiger partial charge in [-0.1, -0.05) is 29.8 Å². The number of sulfonamides is 1. The summed E-state index contributed by atoms with van der Waals surface area (Å²) in [6.07, 6.45) is 2.39. The quantitative estimate of drug-likeness (QED) is 0.491. The Morgan fingerprint density at radius 3 is 2.66 bits per heavy atom. The van der Waals surface area contributed by atoms with Gasteiger partial charge in [0.2, 0.25) is 21.8 Å². The number of aromatic nitrogens is 3. The Bertz CT molecular complexity index is 1480. The summed E-state index contributed by atoms with van der Waals surface area (Å²) in [5, 5.41) is 10.3. The lowest BCUT2D eigenvalue weighted by molar-refractivity contribution is -0.126. The van der Waals surface area contributed by atoms with Gasteiger partial charge in [0.1, 0.15) is 5.69 Å². The van der Waals surface area contributed by atoms with Crippen LogP contribution in [0.15, 0.2) is 42.6 Å². The number of hydrogen-bond acceptors (Lipinski definition) is 7. The summed E-state index contributed by atoms with van der Waals surface area (Å²) in [4.78, 5) is 31.9. The van der Waals surface area contributed by atoms with E-state index in [1.807, 2.05) is 12.1 Å². The van der Waals surface area contributed by atoms with Crippen LogP contribution in [0.2, 0.25) is 5.02 Å². The van der Waals surface area contributed by atoms with Crippen LogP contribution in [0.5, 0.6) is 5.88 Å². The monoisotopic (exact) mass is 558 g/mol. The van der Waals surface area contributed by atoms with E-state index in [2.05, 4.69) is 20.5 Å². The maximum Gasteiger partial charge on any atom is 0.271 e. The first-order valence-electron chi connectivity index (χ1n) is 12.1. The third-order valence-electron chi connectivity index (χ3n) is 7.04. The summed E-state index contributed by atoms with van der Waals surface area (Å²) in [5.74, 6) is -0.577. The third kappa shape index (κ3) is 4.93. The van der Waals surface area contributed by atoms with E-state index < -0.39 is 16.1 Å². The van der Waals surface area contributed by atoms with Crippen LogP contribution in [0.4, 0.5) is 5.69 Å². The van der Waals surface area contributed by atoms with Gasteiger partial charge in [0.05, 0.1) is 41.5 Å². The molecule has 1 aromatic carbocycles. The SMILES string of the molecule is COc1cc(-c2cc(C(=O)N3CCC(C(=O)NC4CS(=O)(=O)N(C)c5ccccc54)CC3)[nH]n2)c(Cl)cn1. The second-order valence-corrected chi connectivity index (χ2v) is 11.8. The van der Waals surface area contributed by atoms with Crippen molar-refractivity contribution in [1.82, 2.24) is 25.4 Å². The first kappa shape index (κ1) is 26.0. The number of pyridine rings is 1. The number of likely N-dealkylation sites (tertiary alicyclic amines) is 1. The Kier molecular flexibility index (Phi) is 7.01. The number of hydrogen-bond donors (Lipinski definition) is 2. The van der Waals surface area contributed by atoms with Crippen LogP contribution >= 0.6 is 11.6 Å². The largest absolute Gasteiger partial charge is 0.481 e. The number of piperidine rings is 1. The number of halogens is 1. The molecule has 11 nitrogen and oxygen atoms in total. The van der Waals surface area contributed by atoms with E-state index in [9.17, 15) is 18.0 Å². The van der Waals surface area contributed by atoms with E-state index in [1.54, 1.807) is 29.2 Å². The minimum absolute atomic E-state index is 0.195. The highest BCUT2D eigenvalue weighted by Crippen LogP contribution is 2.34. The molecular weight excluding hydrogens is 532 g/mol. The molecule has 2 aliphatic heterocycles. The average molecular weight is 559 g/mol. The molecule has 13 heteroatoms. The molecule has 2 amide bonds. The first-order chi connectivity index (χ1) is 18.2. The molecule has 0 radical (unpaired) electrons. The van der Waals surface area contributed by atoms with E-state index in [0.717, 1.165) is 5.56 Å². The van der Waals surface area contributed by atoms with Crippen molar-refractivity contribution in [3.63, 3.8) is 0 Å². The van der Waals surface area contributed by atoms with Gasteiger partial charge < -0.3 is 15.0 Å². The van der Waals surface area contributed by atoms with Gasteiger partial charge in [0.15, 0.2) is 0 Å². The van der Waals surface area contributed by atoms with Crippen molar-refractivity contribution >= 4 is 39.1 Å². The minimum Gasteiger partial charge on any atom is -0.481 e. The summed E-state index contributed by atoms with van der Waals surface area (Å²) in [6.45, 7) is 0.773. The molecule has 4 heterocycles. The molecule has 2 N–H and O–H groups in total. The number of ether oxygens (including phenoxy) is 1. The second-order valence-electron chi connectivity index (χ2n) is 9.31. The number of anilines is 1. The fraction of sp³-hybridized carbons (Fsp3) is 0.360. The standard InChI is InChI=1S/C25H27ClN6O5S/c1-31-22-6-4-3-5-16(22)21(14-38(31,35)36)28-24(33)15-7-9-32(10-8-15)25(34)20-12-19(29-30-20)17-11-23(37-2)27-13-18(17)26/h3-6,11-13,15,21H,7-10,14H2,1-2H3,(H,28,33)(H,29,30). The van der Waals surface area contributed by atoms with Crippen LogP contribution in [0, 0.1) is 5.92 Å². The molecule has 0 bridgehead atoms. The molecule has 0 aliphatic carbocycles. The Morgan fingerprint density at radius 1 is 1.18 bits per heavy atom. The molecule has 200 valence electrons. The molecule has 0 spiro atoms. The lowest BCUT2D eigenvalue weighted by Gasteiger charge is -2.35. The van der Waals surface area contributed by atoms with Crippen molar-refractivity contribution in [2.75, 3.05) is 37.3 Å². The van der Waals surface area contributed by atoms with Gasteiger partial charge in [-0.05, 0) is 30.5 Å². The average Bonchev–Trinajstić information content (AvgIpc) is 3.41. The number of methoxy groups -OCH3 is 1. The van der Waals surface area contributed by atoms with Crippen molar-refractivity contribution in [1.29, 1.82) is 0 Å². The Morgan fingerprint density at radius 2 is 1.92 bits per heavy atom. The van der Waals surface area contributed by atoms with Gasteiger partial charge in [-0.15, -0.1) is 0 Å². The zero-order valence-corrected chi connectivity index (χ0v) is 22.4.